The summed E-state index contributed by atoms with van der Waals surface area (Å²) in [6.45, 7) is 9.40. The molecule has 0 bridgehead atoms. The van der Waals surface area contributed by atoms with Crippen molar-refractivity contribution in [2.45, 2.75) is 40.2 Å². The molecule has 0 aromatic heterocycles. The Hall–Kier alpha value is -1.22. The minimum Gasteiger partial charge on any atom is -0.489 e. The number of hydrogen-bond acceptors (Lipinski definition) is 3. The number of fused-ring (bicyclic) bond motifs is 1. The Kier molecular flexibility index (Phi) is 3.53. The first-order valence-corrected chi connectivity index (χ1v) is 6.44. The Labute approximate surface area is 109 Å². The van der Waals surface area contributed by atoms with E-state index < -0.39 is 0 Å². The molecule has 0 amide bonds. The van der Waals surface area contributed by atoms with Crippen LogP contribution in [-0.2, 0) is 6.42 Å². The second-order valence-corrected chi connectivity index (χ2v) is 6.02. The third-order valence-electron chi connectivity index (χ3n) is 3.15. The summed E-state index contributed by atoms with van der Waals surface area (Å²) in [5.74, 6) is 1.61. The third kappa shape index (κ3) is 2.96. The van der Waals surface area contributed by atoms with Crippen molar-refractivity contribution in [1.29, 1.82) is 0 Å². The van der Waals surface area contributed by atoms with Gasteiger partial charge in [-0.2, -0.15) is 0 Å². The summed E-state index contributed by atoms with van der Waals surface area (Å²) < 4.78 is 11.7. The van der Waals surface area contributed by atoms with Gasteiger partial charge in [0.1, 0.15) is 0 Å². The van der Waals surface area contributed by atoms with Gasteiger partial charge in [-0.3, -0.25) is 0 Å². The molecule has 3 heteroatoms. The van der Waals surface area contributed by atoms with Gasteiger partial charge in [-0.1, -0.05) is 13.8 Å². The van der Waals surface area contributed by atoms with Crippen molar-refractivity contribution in [2.24, 2.45) is 5.41 Å². The van der Waals surface area contributed by atoms with Crippen LogP contribution in [0.15, 0.2) is 12.1 Å². The molecule has 1 aliphatic rings. The smallest absolute Gasteiger partial charge is 0.161 e. The molecular weight excluding hydrogens is 228 g/mol. The molecule has 1 unspecified atom stereocenters. The SMILES string of the molecule is Cc1cc2c(cc1CC(C)O)OCC(C)(C)CO2. The van der Waals surface area contributed by atoms with Crippen molar-refractivity contribution in [3.05, 3.63) is 23.3 Å². The van der Waals surface area contributed by atoms with E-state index in [2.05, 4.69) is 13.8 Å². The Morgan fingerprint density at radius 2 is 1.78 bits per heavy atom. The van der Waals surface area contributed by atoms with Crippen LogP contribution in [0.4, 0.5) is 0 Å². The standard InChI is InChI=1S/C15H22O3/c1-10-5-13-14(7-12(10)6-11(2)16)18-9-15(3,4)8-17-13/h5,7,11,16H,6,8-9H2,1-4H3. The lowest BCUT2D eigenvalue weighted by atomic mass is 9.97. The van der Waals surface area contributed by atoms with Gasteiger partial charge < -0.3 is 14.6 Å². The lowest BCUT2D eigenvalue weighted by Crippen LogP contribution is -2.26. The van der Waals surface area contributed by atoms with Crippen LogP contribution in [-0.4, -0.2) is 24.4 Å². The van der Waals surface area contributed by atoms with E-state index in [9.17, 15) is 5.11 Å². The van der Waals surface area contributed by atoms with Crippen molar-refractivity contribution in [1.82, 2.24) is 0 Å². The first-order valence-electron chi connectivity index (χ1n) is 6.44. The molecule has 0 aliphatic carbocycles. The van der Waals surface area contributed by atoms with Crippen LogP contribution < -0.4 is 9.47 Å². The lowest BCUT2D eigenvalue weighted by molar-refractivity contribution is 0.140. The molecule has 3 nitrogen and oxygen atoms in total. The Morgan fingerprint density at radius 3 is 2.33 bits per heavy atom. The van der Waals surface area contributed by atoms with Gasteiger partial charge in [0.2, 0.25) is 0 Å². The van der Waals surface area contributed by atoms with E-state index in [1.807, 2.05) is 19.1 Å². The topological polar surface area (TPSA) is 38.7 Å². The van der Waals surface area contributed by atoms with Crippen molar-refractivity contribution >= 4 is 0 Å². The number of hydrogen-bond donors (Lipinski definition) is 1. The maximum Gasteiger partial charge on any atom is 0.161 e. The third-order valence-corrected chi connectivity index (χ3v) is 3.15. The molecule has 0 radical (unpaired) electrons. The highest BCUT2D eigenvalue weighted by molar-refractivity contribution is 5.47. The molecule has 0 saturated heterocycles. The van der Waals surface area contributed by atoms with Crippen LogP contribution in [0.2, 0.25) is 0 Å². The predicted octanol–water partition coefficient (Wildman–Crippen LogP) is 2.72. The van der Waals surface area contributed by atoms with Crippen LogP contribution in [0.1, 0.15) is 31.9 Å². The van der Waals surface area contributed by atoms with Crippen LogP contribution >= 0.6 is 0 Å². The summed E-state index contributed by atoms with van der Waals surface area (Å²) in [7, 11) is 0. The molecule has 1 N–H and O–H groups in total. The number of benzene rings is 1. The molecule has 1 aliphatic heterocycles. The first-order chi connectivity index (χ1) is 8.37. The first kappa shape index (κ1) is 13.2. The largest absolute Gasteiger partial charge is 0.489 e. The highest BCUT2D eigenvalue weighted by Crippen LogP contribution is 2.36. The van der Waals surface area contributed by atoms with Gasteiger partial charge in [-0.05, 0) is 43.5 Å². The summed E-state index contributed by atoms with van der Waals surface area (Å²) >= 11 is 0. The van der Waals surface area contributed by atoms with E-state index in [1.54, 1.807) is 6.92 Å². The lowest BCUT2D eigenvalue weighted by Gasteiger charge is -2.19. The second kappa shape index (κ2) is 4.81. The average molecular weight is 250 g/mol. The quantitative estimate of drug-likeness (QED) is 0.877. The highest BCUT2D eigenvalue weighted by atomic mass is 16.5. The van der Waals surface area contributed by atoms with Gasteiger partial charge in [-0.25, -0.2) is 0 Å². The predicted molar refractivity (Wildman–Crippen MR) is 71.3 cm³/mol. The van der Waals surface area contributed by atoms with E-state index in [4.69, 9.17) is 9.47 Å². The van der Waals surface area contributed by atoms with E-state index in [1.165, 1.54) is 0 Å². The van der Waals surface area contributed by atoms with E-state index in [-0.39, 0.29) is 11.5 Å². The fraction of sp³-hybridized carbons (Fsp3) is 0.600. The van der Waals surface area contributed by atoms with Crippen molar-refractivity contribution < 1.29 is 14.6 Å². The Balaban J connectivity index is 2.30. The Bertz CT molecular complexity index is 436. The van der Waals surface area contributed by atoms with Crippen molar-refractivity contribution in [3.63, 3.8) is 0 Å². The minimum atomic E-state index is -0.343. The molecule has 1 aromatic rings. The molecule has 1 atom stereocenters. The zero-order valence-electron chi connectivity index (χ0n) is 11.6. The van der Waals surface area contributed by atoms with Crippen LogP contribution in [0.25, 0.3) is 0 Å². The molecule has 100 valence electrons. The summed E-state index contributed by atoms with van der Waals surface area (Å²) in [5.41, 5.74) is 2.28. The van der Waals surface area contributed by atoms with Crippen LogP contribution in [0, 0.1) is 12.3 Å². The molecule has 1 heterocycles. The average Bonchev–Trinajstić information content (AvgIpc) is 2.39. The normalized spacial score (nSPS) is 19.2. The molecule has 0 spiro atoms. The van der Waals surface area contributed by atoms with Crippen molar-refractivity contribution in [3.8, 4) is 11.5 Å². The number of aryl methyl sites for hydroxylation is 1. The van der Waals surface area contributed by atoms with E-state index in [0.717, 1.165) is 22.6 Å². The van der Waals surface area contributed by atoms with Gasteiger partial charge in [0.25, 0.3) is 0 Å². The summed E-state index contributed by atoms with van der Waals surface area (Å²) in [6, 6.07) is 4.01. The van der Waals surface area contributed by atoms with Gasteiger partial charge in [0, 0.05) is 5.41 Å². The van der Waals surface area contributed by atoms with Gasteiger partial charge in [0.15, 0.2) is 11.5 Å². The number of aliphatic hydroxyl groups excluding tert-OH is 1. The summed E-state index contributed by atoms with van der Waals surface area (Å²) in [6.07, 6.45) is 0.302. The molecule has 1 aromatic carbocycles. The Morgan fingerprint density at radius 1 is 1.22 bits per heavy atom. The monoisotopic (exact) mass is 250 g/mol. The van der Waals surface area contributed by atoms with Crippen molar-refractivity contribution in [2.75, 3.05) is 13.2 Å². The molecule has 0 fully saturated rings. The number of ether oxygens (including phenoxy) is 2. The molecule has 0 saturated carbocycles. The highest BCUT2D eigenvalue weighted by Gasteiger charge is 2.25. The molecular formula is C15H22O3. The van der Waals surface area contributed by atoms with Crippen LogP contribution in [0.5, 0.6) is 11.5 Å². The van der Waals surface area contributed by atoms with E-state index >= 15 is 0 Å². The molecule has 18 heavy (non-hydrogen) atoms. The molecule has 2 rings (SSSR count). The van der Waals surface area contributed by atoms with Gasteiger partial charge >= 0.3 is 0 Å². The van der Waals surface area contributed by atoms with E-state index in [0.29, 0.717) is 19.6 Å². The maximum atomic E-state index is 9.50. The second-order valence-electron chi connectivity index (χ2n) is 6.02. The van der Waals surface area contributed by atoms with Crippen LogP contribution in [0.3, 0.4) is 0 Å². The fourth-order valence-corrected chi connectivity index (χ4v) is 2.06. The van der Waals surface area contributed by atoms with Gasteiger partial charge in [-0.15, -0.1) is 0 Å². The fourth-order valence-electron chi connectivity index (χ4n) is 2.06. The summed E-state index contributed by atoms with van der Waals surface area (Å²) in [5, 5.41) is 9.50. The zero-order valence-corrected chi connectivity index (χ0v) is 11.6. The summed E-state index contributed by atoms with van der Waals surface area (Å²) in [4.78, 5) is 0. The van der Waals surface area contributed by atoms with Gasteiger partial charge in [0.05, 0.1) is 19.3 Å². The maximum absolute atomic E-state index is 9.50. The number of aliphatic hydroxyl groups is 1. The number of rotatable bonds is 2. The zero-order chi connectivity index (χ0) is 13.3. The minimum absolute atomic E-state index is 0.0252.